The van der Waals surface area contributed by atoms with E-state index in [-0.39, 0.29) is 0 Å². The van der Waals surface area contributed by atoms with Crippen LogP contribution in [0.5, 0.6) is 0 Å². The van der Waals surface area contributed by atoms with Gasteiger partial charge in [0.2, 0.25) is 0 Å². The summed E-state index contributed by atoms with van der Waals surface area (Å²) in [5, 5.41) is 9.39. The van der Waals surface area contributed by atoms with Gasteiger partial charge in [-0.1, -0.05) is 146 Å². The van der Waals surface area contributed by atoms with Crippen LogP contribution in [0, 0.1) is 0 Å². The summed E-state index contributed by atoms with van der Waals surface area (Å²) in [5.74, 6) is 1.98. The molecule has 0 bridgehead atoms. The van der Waals surface area contributed by atoms with E-state index >= 15 is 0 Å². The third-order valence-electron chi connectivity index (χ3n) is 9.53. The molecule has 49 heavy (non-hydrogen) atoms. The van der Waals surface area contributed by atoms with Crippen LogP contribution < -0.4 is 0 Å². The lowest BCUT2D eigenvalue weighted by molar-refractivity contribution is 1.08. The first kappa shape index (κ1) is 27.8. The van der Waals surface area contributed by atoms with Crippen LogP contribution in [0.25, 0.3) is 97.8 Å². The summed E-state index contributed by atoms with van der Waals surface area (Å²) >= 11 is 1.81. The molecule has 8 aromatic carbocycles. The first-order chi connectivity index (χ1) is 24.3. The van der Waals surface area contributed by atoms with Crippen LogP contribution in [0.2, 0.25) is 0 Å². The Morgan fingerprint density at radius 2 is 0.959 bits per heavy atom. The van der Waals surface area contributed by atoms with Crippen molar-refractivity contribution < 1.29 is 0 Å². The number of rotatable bonds is 4. The van der Waals surface area contributed by atoms with Gasteiger partial charge in [-0.3, -0.25) is 0 Å². The number of thiophene rings is 1. The molecule has 0 spiro atoms. The molecule has 2 heterocycles. The Balaban J connectivity index is 1.34. The second-order valence-corrected chi connectivity index (χ2v) is 13.4. The third-order valence-corrected chi connectivity index (χ3v) is 10.7. The van der Waals surface area contributed by atoms with Crippen molar-refractivity contribution in [3.05, 3.63) is 164 Å². The average Bonchev–Trinajstić information content (AvgIpc) is 3.56. The fraction of sp³-hybridized carbons (Fsp3) is 0. The molecule has 0 aliphatic carbocycles. The molecule has 10 aromatic rings. The number of benzene rings is 8. The zero-order valence-electron chi connectivity index (χ0n) is 26.3. The third kappa shape index (κ3) is 4.53. The van der Waals surface area contributed by atoms with Gasteiger partial charge in [0.05, 0.1) is 0 Å². The van der Waals surface area contributed by atoms with Crippen molar-refractivity contribution in [3.8, 4) is 45.3 Å². The smallest absolute Gasteiger partial charge is 0.165 e. The minimum Gasteiger partial charge on any atom is -0.208 e. The quantitative estimate of drug-likeness (QED) is 0.142. The second-order valence-electron chi connectivity index (χ2n) is 12.3. The van der Waals surface area contributed by atoms with Crippen LogP contribution in [0.4, 0.5) is 0 Å². The summed E-state index contributed by atoms with van der Waals surface area (Å²) in [7, 11) is 0. The van der Waals surface area contributed by atoms with E-state index in [0.717, 1.165) is 44.0 Å². The Hall–Kier alpha value is -6.23. The summed E-state index contributed by atoms with van der Waals surface area (Å²) in [6.07, 6.45) is 0. The molecule has 0 saturated carbocycles. The van der Waals surface area contributed by atoms with Crippen LogP contribution in [0.15, 0.2) is 164 Å². The van der Waals surface area contributed by atoms with Crippen molar-refractivity contribution in [3.63, 3.8) is 0 Å². The van der Waals surface area contributed by atoms with Gasteiger partial charge in [-0.25, -0.2) is 15.0 Å². The molecule has 0 unspecified atom stereocenters. The summed E-state index contributed by atoms with van der Waals surface area (Å²) in [4.78, 5) is 16.1. The Morgan fingerprint density at radius 1 is 0.347 bits per heavy atom. The molecule has 0 atom stereocenters. The van der Waals surface area contributed by atoms with Gasteiger partial charge in [0.15, 0.2) is 17.5 Å². The van der Waals surface area contributed by atoms with Crippen LogP contribution in [-0.2, 0) is 0 Å². The van der Waals surface area contributed by atoms with Crippen molar-refractivity contribution in [2.24, 2.45) is 0 Å². The monoisotopic (exact) mass is 641 g/mol. The standard InChI is InChI=1S/C45H27N3S/c1-2-13-28(14-3-1)31-17-8-9-20-35(31)43-46-44(37-22-12-24-40-41(37)36-21-10-11-23-39(36)49-40)48-45(47-43)42-33-19-7-5-16-30(33)27-38-32-18-6-4-15-29(32)25-26-34(38)42/h1-27H. The van der Waals surface area contributed by atoms with E-state index in [9.17, 15) is 0 Å². The van der Waals surface area contributed by atoms with Crippen LogP contribution in [0.1, 0.15) is 0 Å². The lowest BCUT2D eigenvalue weighted by Gasteiger charge is -2.16. The van der Waals surface area contributed by atoms with Crippen molar-refractivity contribution in [1.82, 2.24) is 15.0 Å². The largest absolute Gasteiger partial charge is 0.208 e. The first-order valence-corrected chi connectivity index (χ1v) is 17.3. The molecular weight excluding hydrogens is 615 g/mol. The highest BCUT2D eigenvalue weighted by Gasteiger charge is 2.21. The van der Waals surface area contributed by atoms with Crippen LogP contribution in [0.3, 0.4) is 0 Å². The fourth-order valence-electron chi connectivity index (χ4n) is 7.30. The van der Waals surface area contributed by atoms with E-state index in [1.807, 2.05) is 6.07 Å². The fourth-order valence-corrected chi connectivity index (χ4v) is 8.43. The van der Waals surface area contributed by atoms with E-state index in [1.54, 1.807) is 11.3 Å². The molecule has 0 radical (unpaired) electrons. The minimum absolute atomic E-state index is 0.651. The Kier molecular flexibility index (Phi) is 6.36. The molecule has 0 fully saturated rings. The number of fused-ring (bicyclic) bond motifs is 7. The lowest BCUT2D eigenvalue weighted by Crippen LogP contribution is -2.02. The molecule has 228 valence electrons. The van der Waals surface area contributed by atoms with Crippen LogP contribution in [-0.4, -0.2) is 15.0 Å². The molecule has 3 nitrogen and oxygen atoms in total. The summed E-state index contributed by atoms with van der Waals surface area (Å²) in [5.41, 5.74) is 5.19. The van der Waals surface area contributed by atoms with Gasteiger partial charge in [-0.05, 0) is 61.6 Å². The topological polar surface area (TPSA) is 38.7 Å². The molecule has 2 aromatic heterocycles. The lowest BCUT2D eigenvalue weighted by atomic mass is 9.93. The Bertz CT molecular complexity index is 2890. The number of hydrogen-bond acceptors (Lipinski definition) is 4. The molecule has 0 saturated heterocycles. The predicted octanol–water partition coefficient (Wildman–Crippen LogP) is 12.4. The van der Waals surface area contributed by atoms with Gasteiger partial charge in [-0.2, -0.15) is 0 Å². The Morgan fingerprint density at radius 3 is 1.82 bits per heavy atom. The van der Waals surface area contributed by atoms with Crippen LogP contribution >= 0.6 is 11.3 Å². The first-order valence-electron chi connectivity index (χ1n) is 16.5. The van der Waals surface area contributed by atoms with Gasteiger partial charge in [-0.15, -0.1) is 11.3 Å². The molecule has 4 heteroatoms. The normalized spacial score (nSPS) is 11.7. The van der Waals surface area contributed by atoms with Gasteiger partial charge in [0.25, 0.3) is 0 Å². The summed E-state index contributed by atoms with van der Waals surface area (Å²) in [6.45, 7) is 0. The Labute approximate surface area is 286 Å². The number of hydrogen-bond donors (Lipinski definition) is 0. The maximum atomic E-state index is 5.40. The van der Waals surface area contributed by atoms with Gasteiger partial charge in [0.1, 0.15) is 0 Å². The maximum Gasteiger partial charge on any atom is 0.165 e. The van der Waals surface area contributed by atoms with E-state index in [0.29, 0.717) is 17.5 Å². The zero-order valence-corrected chi connectivity index (χ0v) is 27.2. The number of nitrogens with zero attached hydrogens (tertiary/aromatic N) is 3. The highest BCUT2D eigenvalue weighted by atomic mass is 32.1. The summed E-state index contributed by atoms with van der Waals surface area (Å²) < 4.78 is 2.47. The maximum absolute atomic E-state index is 5.40. The SMILES string of the molecule is c1ccc(-c2ccccc2-c2nc(-c3c4ccccc4cc4c3ccc3ccccc34)nc(-c3cccc4sc5ccccc5c34)n2)cc1. The zero-order chi connectivity index (χ0) is 32.3. The minimum atomic E-state index is 0.651. The summed E-state index contributed by atoms with van der Waals surface area (Å²) in [6, 6.07) is 57.9. The molecule has 10 rings (SSSR count). The van der Waals surface area contributed by atoms with E-state index in [4.69, 9.17) is 15.0 Å². The predicted molar refractivity (Wildman–Crippen MR) is 207 cm³/mol. The highest BCUT2D eigenvalue weighted by molar-refractivity contribution is 7.25. The molecule has 0 N–H and O–H groups in total. The van der Waals surface area contributed by atoms with Gasteiger partial charge in [0, 0.05) is 36.9 Å². The van der Waals surface area contributed by atoms with Gasteiger partial charge < -0.3 is 0 Å². The molecule has 0 aliphatic rings. The van der Waals surface area contributed by atoms with Crippen molar-refractivity contribution in [1.29, 1.82) is 0 Å². The van der Waals surface area contributed by atoms with E-state index < -0.39 is 0 Å². The van der Waals surface area contributed by atoms with E-state index in [2.05, 4.69) is 158 Å². The second kappa shape index (κ2) is 11.2. The van der Waals surface area contributed by atoms with Crippen molar-refractivity contribution in [2.75, 3.05) is 0 Å². The van der Waals surface area contributed by atoms with E-state index in [1.165, 1.54) is 36.3 Å². The highest BCUT2D eigenvalue weighted by Crippen LogP contribution is 2.42. The van der Waals surface area contributed by atoms with Crippen molar-refractivity contribution >= 4 is 63.8 Å². The molecule has 0 amide bonds. The number of aromatic nitrogens is 3. The average molecular weight is 642 g/mol. The van der Waals surface area contributed by atoms with Gasteiger partial charge >= 0.3 is 0 Å². The molecule has 0 aliphatic heterocycles. The molecular formula is C45H27N3S. The van der Waals surface area contributed by atoms with Crippen molar-refractivity contribution in [2.45, 2.75) is 0 Å².